The highest BCUT2D eigenvalue weighted by atomic mass is 79.9. The summed E-state index contributed by atoms with van der Waals surface area (Å²) in [7, 11) is 1.28. The van der Waals surface area contributed by atoms with Gasteiger partial charge in [0.15, 0.2) is 5.75 Å². The van der Waals surface area contributed by atoms with Gasteiger partial charge in [-0.2, -0.15) is 0 Å². The second-order valence-electron chi connectivity index (χ2n) is 3.04. The van der Waals surface area contributed by atoms with E-state index in [0.29, 0.717) is 4.47 Å². The zero-order valence-electron chi connectivity index (χ0n) is 8.42. The Morgan fingerprint density at radius 2 is 2.06 bits per heavy atom. The van der Waals surface area contributed by atoms with E-state index in [4.69, 9.17) is 27.0 Å². The average molecular weight is 366 g/mol. The van der Waals surface area contributed by atoms with Gasteiger partial charge in [-0.05, 0) is 12.1 Å². The molecule has 0 unspecified atom stereocenters. The van der Waals surface area contributed by atoms with Crippen molar-refractivity contribution in [3.8, 4) is 5.75 Å². The topological polar surface area (TPSA) is 43.4 Å². The molecule has 0 aliphatic carbocycles. The highest BCUT2D eigenvalue weighted by molar-refractivity contribution is 9.10. The first-order valence-electron chi connectivity index (χ1n) is 4.48. The number of hydrogen-bond acceptors (Lipinski definition) is 3. The zero-order valence-corrected chi connectivity index (χ0v) is 12.3. The fraction of sp³-hybridized carbons (Fsp3) is 0.333. The van der Waals surface area contributed by atoms with Crippen molar-refractivity contribution in [3.05, 3.63) is 21.6 Å². The minimum Gasteiger partial charge on any atom is -0.491 e. The van der Waals surface area contributed by atoms with Crippen LogP contribution in [-0.2, 0) is 9.05 Å². The molecule has 1 aromatic rings. The highest BCUT2D eigenvalue weighted by Gasteiger charge is 2.20. The summed E-state index contributed by atoms with van der Waals surface area (Å²) < 4.78 is 40.2. The standard InChI is InChI=1S/C9H8BrCl2FO3S/c10-6-4-7(11)9(16-3-1-2-13)8(5-6)17(12,14)15/h4-5H,1-3H2. The van der Waals surface area contributed by atoms with Crippen molar-refractivity contribution in [2.75, 3.05) is 13.3 Å². The van der Waals surface area contributed by atoms with Crippen molar-refractivity contribution >= 4 is 47.3 Å². The lowest BCUT2D eigenvalue weighted by molar-refractivity contribution is 0.283. The van der Waals surface area contributed by atoms with E-state index < -0.39 is 15.7 Å². The lowest BCUT2D eigenvalue weighted by Crippen LogP contribution is -2.03. The summed E-state index contributed by atoms with van der Waals surface area (Å²) in [5.41, 5.74) is 0. The number of alkyl halides is 1. The molecular weight excluding hydrogens is 358 g/mol. The zero-order chi connectivity index (χ0) is 13.1. The molecule has 1 rings (SSSR count). The van der Waals surface area contributed by atoms with Gasteiger partial charge in [0.1, 0.15) is 4.90 Å². The van der Waals surface area contributed by atoms with Crippen molar-refractivity contribution in [1.82, 2.24) is 0 Å². The molecule has 1 aromatic carbocycles. The SMILES string of the molecule is O=S(=O)(Cl)c1cc(Br)cc(Cl)c1OCCCF. The number of ether oxygens (including phenoxy) is 1. The van der Waals surface area contributed by atoms with Crippen molar-refractivity contribution in [2.24, 2.45) is 0 Å². The molecule has 0 atom stereocenters. The first-order chi connectivity index (χ1) is 7.86. The summed E-state index contributed by atoms with van der Waals surface area (Å²) in [5, 5.41) is 0.0949. The number of rotatable bonds is 5. The summed E-state index contributed by atoms with van der Waals surface area (Å²) in [6.07, 6.45) is 0.147. The van der Waals surface area contributed by atoms with Crippen molar-refractivity contribution in [3.63, 3.8) is 0 Å². The molecule has 17 heavy (non-hydrogen) atoms. The van der Waals surface area contributed by atoms with Crippen LogP contribution in [0.15, 0.2) is 21.5 Å². The second kappa shape index (κ2) is 6.22. The predicted octanol–water partition coefficient (Wildman–Crippen LogP) is 3.77. The fourth-order valence-electron chi connectivity index (χ4n) is 1.09. The van der Waals surface area contributed by atoms with Gasteiger partial charge in [-0.15, -0.1) is 0 Å². The maximum Gasteiger partial charge on any atom is 0.265 e. The lowest BCUT2D eigenvalue weighted by atomic mass is 10.3. The number of halogens is 4. The number of hydrogen-bond donors (Lipinski definition) is 0. The van der Waals surface area contributed by atoms with Gasteiger partial charge in [0, 0.05) is 21.6 Å². The first-order valence-corrected chi connectivity index (χ1v) is 7.96. The Bertz CT molecular complexity index is 507. The molecule has 0 saturated heterocycles. The summed E-state index contributed by atoms with van der Waals surface area (Å²) in [5.74, 6) is -0.0571. The van der Waals surface area contributed by atoms with E-state index in [9.17, 15) is 12.8 Å². The largest absolute Gasteiger partial charge is 0.491 e. The van der Waals surface area contributed by atoms with E-state index >= 15 is 0 Å². The molecule has 8 heteroatoms. The average Bonchev–Trinajstić information content (AvgIpc) is 2.19. The van der Waals surface area contributed by atoms with E-state index in [-0.39, 0.29) is 28.7 Å². The molecule has 0 aliphatic rings. The van der Waals surface area contributed by atoms with Crippen LogP contribution in [0, 0.1) is 0 Å². The van der Waals surface area contributed by atoms with Gasteiger partial charge in [0.25, 0.3) is 9.05 Å². The van der Waals surface area contributed by atoms with Crippen molar-refractivity contribution < 1.29 is 17.5 Å². The lowest BCUT2D eigenvalue weighted by Gasteiger charge is -2.11. The Morgan fingerprint density at radius 1 is 1.41 bits per heavy atom. The molecule has 0 aromatic heterocycles. The monoisotopic (exact) mass is 364 g/mol. The second-order valence-corrected chi connectivity index (χ2v) is 6.90. The maximum absolute atomic E-state index is 11.9. The predicted molar refractivity (Wildman–Crippen MR) is 68.3 cm³/mol. The smallest absolute Gasteiger partial charge is 0.265 e. The fourth-order valence-corrected chi connectivity index (χ4v) is 3.16. The summed E-state index contributed by atoms with van der Waals surface area (Å²) >= 11 is 8.95. The van der Waals surface area contributed by atoms with Gasteiger partial charge in [0.2, 0.25) is 0 Å². The van der Waals surface area contributed by atoms with Crippen LogP contribution in [0.2, 0.25) is 5.02 Å². The molecule has 0 N–H and O–H groups in total. The van der Waals surface area contributed by atoms with E-state index in [2.05, 4.69) is 15.9 Å². The molecule has 0 radical (unpaired) electrons. The van der Waals surface area contributed by atoms with Crippen LogP contribution in [0.3, 0.4) is 0 Å². The van der Waals surface area contributed by atoms with Crippen molar-refractivity contribution in [2.45, 2.75) is 11.3 Å². The Morgan fingerprint density at radius 3 is 2.59 bits per heavy atom. The maximum atomic E-state index is 11.9. The van der Waals surface area contributed by atoms with E-state index in [1.807, 2.05) is 0 Å². The molecule has 0 aliphatic heterocycles. The Balaban J connectivity index is 3.17. The quantitative estimate of drug-likeness (QED) is 0.589. The third-order valence-electron chi connectivity index (χ3n) is 1.76. The van der Waals surface area contributed by atoms with Crippen LogP contribution in [0.25, 0.3) is 0 Å². The molecule has 96 valence electrons. The van der Waals surface area contributed by atoms with Gasteiger partial charge in [0.05, 0.1) is 18.3 Å². The van der Waals surface area contributed by atoms with Crippen LogP contribution in [0.5, 0.6) is 5.75 Å². The molecule has 0 fully saturated rings. The minimum atomic E-state index is -3.98. The van der Waals surface area contributed by atoms with Crippen LogP contribution in [-0.4, -0.2) is 21.7 Å². The molecule has 0 spiro atoms. The van der Waals surface area contributed by atoms with Crippen LogP contribution < -0.4 is 4.74 Å². The van der Waals surface area contributed by atoms with Crippen LogP contribution >= 0.6 is 38.2 Å². The summed E-state index contributed by atoms with van der Waals surface area (Å²) in [6.45, 7) is -0.533. The van der Waals surface area contributed by atoms with E-state index in [1.54, 1.807) is 0 Å². The summed E-state index contributed by atoms with van der Waals surface area (Å²) in [4.78, 5) is -0.239. The van der Waals surface area contributed by atoms with Gasteiger partial charge in [-0.3, -0.25) is 4.39 Å². The van der Waals surface area contributed by atoms with Gasteiger partial charge in [-0.25, -0.2) is 8.42 Å². The Labute approximate surface area is 116 Å². The van der Waals surface area contributed by atoms with Gasteiger partial charge >= 0.3 is 0 Å². The van der Waals surface area contributed by atoms with Crippen LogP contribution in [0.1, 0.15) is 6.42 Å². The molecule has 0 saturated carbocycles. The first kappa shape index (κ1) is 15.0. The molecular formula is C9H8BrCl2FO3S. The highest BCUT2D eigenvalue weighted by Crippen LogP contribution is 2.37. The van der Waals surface area contributed by atoms with Crippen molar-refractivity contribution in [1.29, 1.82) is 0 Å². The summed E-state index contributed by atoms with van der Waals surface area (Å²) in [6, 6.07) is 2.75. The molecule has 0 bridgehead atoms. The Hall–Kier alpha value is -0.0400. The van der Waals surface area contributed by atoms with Gasteiger partial charge in [-0.1, -0.05) is 27.5 Å². The third-order valence-corrected chi connectivity index (χ3v) is 3.83. The number of benzene rings is 1. The Kier molecular flexibility index (Phi) is 5.50. The molecule has 3 nitrogen and oxygen atoms in total. The minimum absolute atomic E-state index is 0.0251. The van der Waals surface area contributed by atoms with Gasteiger partial charge < -0.3 is 4.74 Å². The normalized spacial score (nSPS) is 11.5. The molecule has 0 amide bonds. The third kappa shape index (κ3) is 4.28. The molecule has 0 heterocycles. The van der Waals surface area contributed by atoms with E-state index in [0.717, 1.165) is 0 Å². The van der Waals surface area contributed by atoms with Crippen LogP contribution in [0.4, 0.5) is 4.39 Å². The van der Waals surface area contributed by atoms with E-state index in [1.165, 1.54) is 12.1 Å².